The van der Waals surface area contributed by atoms with Crippen molar-refractivity contribution in [2.75, 3.05) is 20.6 Å². The molecule has 0 aliphatic rings. The van der Waals surface area contributed by atoms with Crippen LogP contribution < -0.4 is 0 Å². The van der Waals surface area contributed by atoms with Crippen LogP contribution in [0.5, 0.6) is 0 Å². The van der Waals surface area contributed by atoms with Crippen molar-refractivity contribution < 1.29 is 0 Å². The Morgan fingerprint density at radius 3 is 1.41 bits per heavy atom. The smallest absolute Gasteiger partial charge is 0.000621 e. The molecule has 34 heavy (non-hydrogen) atoms. The summed E-state index contributed by atoms with van der Waals surface area (Å²) in [5.74, 6) is 2.67. The van der Waals surface area contributed by atoms with Gasteiger partial charge in [-0.15, -0.1) is 0 Å². The number of hydrogen-bond acceptors (Lipinski definition) is 1. The maximum absolute atomic E-state index is 2.49. The summed E-state index contributed by atoms with van der Waals surface area (Å²) in [6, 6.07) is 0. The van der Waals surface area contributed by atoms with E-state index in [1.807, 2.05) is 0 Å². The molecule has 0 amide bonds. The zero-order chi connectivity index (χ0) is 25.3. The SMILES string of the molecule is CCCC/C=C/CCCC(CCC/C=C/CCCC)C(CCCC(C)CCCCC)CN(C)C. The van der Waals surface area contributed by atoms with E-state index in [2.05, 4.69) is 71.0 Å². The van der Waals surface area contributed by atoms with Gasteiger partial charge in [0, 0.05) is 6.54 Å². The van der Waals surface area contributed by atoms with Crippen LogP contribution in [0.1, 0.15) is 150 Å². The van der Waals surface area contributed by atoms with Crippen LogP contribution in [0, 0.1) is 17.8 Å². The first kappa shape index (κ1) is 33.4. The molecule has 0 aromatic rings. The third-order valence-corrected chi connectivity index (χ3v) is 7.51. The second-order valence-electron chi connectivity index (χ2n) is 11.4. The Bertz CT molecular complexity index is 425. The summed E-state index contributed by atoms with van der Waals surface area (Å²) >= 11 is 0. The fourth-order valence-corrected chi connectivity index (χ4v) is 5.29. The van der Waals surface area contributed by atoms with Crippen LogP contribution in [-0.4, -0.2) is 25.5 Å². The fraction of sp³-hybridized carbons (Fsp3) is 0.879. The lowest BCUT2D eigenvalue weighted by Crippen LogP contribution is -2.28. The molecule has 0 fully saturated rings. The van der Waals surface area contributed by atoms with Gasteiger partial charge in [0.15, 0.2) is 0 Å². The molecule has 0 spiro atoms. The first-order valence-corrected chi connectivity index (χ1v) is 15.5. The first-order chi connectivity index (χ1) is 16.5. The average molecular weight is 476 g/mol. The predicted octanol–water partition coefficient (Wildman–Crippen LogP) is 11.0. The fourth-order valence-electron chi connectivity index (χ4n) is 5.29. The van der Waals surface area contributed by atoms with Crippen molar-refractivity contribution in [3.05, 3.63) is 24.3 Å². The molecule has 0 aromatic heterocycles. The topological polar surface area (TPSA) is 3.24 Å². The Morgan fingerprint density at radius 1 is 0.500 bits per heavy atom. The number of nitrogens with zero attached hydrogens (tertiary/aromatic N) is 1. The molecule has 1 heteroatoms. The van der Waals surface area contributed by atoms with E-state index in [4.69, 9.17) is 0 Å². The number of unbranched alkanes of at least 4 members (excludes halogenated alkanes) is 8. The zero-order valence-electron chi connectivity index (χ0n) is 24.6. The zero-order valence-corrected chi connectivity index (χ0v) is 24.6. The van der Waals surface area contributed by atoms with Crippen molar-refractivity contribution in [2.24, 2.45) is 17.8 Å². The van der Waals surface area contributed by atoms with E-state index in [-0.39, 0.29) is 0 Å². The highest BCUT2D eigenvalue weighted by molar-refractivity contribution is 4.84. The van der Waals surface area contributed by atoms with Gasteiger partial charge in [0.1, 0.15) is 0 Å². The minimum absolute atomic E-state index is 0.867. The van der Waals surface area contributed by atoms with Crippen LogP contribution in [-0.2, 0) is 0 Å². The predicted molar refractivity (Wildman–Crippen MR) is 158 cm³/mol. The van der Waals surface area contributed by atoms with Gasteiger partial charge in [-0.2, -0.15) is 0 Å². The average Bonchev–Trinajstić information content (AvgIpc) is 2.81. The van der Waals surface area contributed by atoms with Gasteiger partial charge in [-0.1, -0.05) is 116 Å². The van der Waals surface area contributed by atoms with Crippen molar-refractivity contribution in [3.63, 3.8) is 0 Å². The summed E-state index contributed by atoms with van der Waals surface area (Å²) in [5, 5.41) is 0. The van der Waals surface area contributed by atoms with Gasteiger partial charge in [0.05, 0.1) is 0 Å². The molecule has 0 saturated carbocycles. The molecule has 2 unspecified atom stereocenters. The molecule has 0 heterocycles. The lowest BCUT2D eigenvalue weighted by Gasteiger charge is -2.30. The normalized spacial score (nSPS) is 14.2. The molecule has 0 aromatic carbocycles. The van der Waals surface area contributed by atoms with Gasteiger partial charge < -0.3 is 4.90 Å². The standard InChI is InChI=1S/C33H65N/c1-7-10-13-15-17-19-22-27-32(28-23-20-18-16-14-11-8-2)33(30-34(5)6)29-24-26-31(4)25-21-12-9-3/h15-18,31-33H,7-14,19-30H2,1-6H3/b17-15+,18-16+. The third-order valence-electron chi connectivity index (χ3n) is 7.51. The van der Waals surface area contributed by atoms with E-state index in [1.54, 1.807) is 0 Å². The van der Waals surface area contributed by atoms with E-state index < -0.39 is 0 Å². The van der Waals surface area contributed by atoms with Crippen LogP contribution in [0.2, 0.25) is 0 Å². The largest absolute Gasteiger partial charge is 0.309 e. The van der Waals surface area contributed by atoms with Crippen LogP contribution in [0.25, 0.3) is 0 Å². The van der Waals surface area contributed by atoms with Crippen LogP contribution in [0.3, 0.4) is 0 Å². The van der Waals surface area contributed by atoms with Crippen molar-refractivity contribution in [3.8, 4) is 0 Å². The van der Waals surface area contributed by atoms with Gasteiger partial charge in [0.2, 0.25) is 0 Å². The van der Waals surface area contributed by atoms with Crippen molar-refractivity contribution in [1.82, 2.24) is 4.90 Å². The third kappa shape index (κ3) is 21.9. The Balaban J connectivity index is 4.76. The van der Waals surface area contributed by atoms with Crippen LogP contribution in [0.15, 0.2) is 24.3 Å². The van der Waals surface area contributed by atoms with Gasteiger partial charge >= 0.3 is 0 Å². The van der Waals surface area contributed by atoms with Gasteiger partial charge in [-0.25, -0.2) is 0 Å². The molecule has 1 nitrogen and oxygen atoms in total. The highest BCUT2D eigenvalue weighted by Gasteiger charge is 2.21. The molecular weight excluding hydrogens is 410 g/mol. The molecular formula is C33H65N. The van der Waals surface area contributed by atoms with Crippen LogP contribution in [0.4, 0.5) is 0 Å². The Labute approximate surface area is 217 Å². The molecule has 0 N–H and O–H groups in total. The highest BCUT2D eigenvalue weighted by Crippen LogP contribution is 2.30. The minimum atomic E-state index is 0.867. The quantitative estimate of drug-likeness (QED) is 0.0937. The van der Waals surface area contributed by atoms with Gasteiger partial charge in [-0.3, -0.25) is 0 Å². The van der Waals surface area contributed by atoms with Gasteiger partial charge in [0.25, 0.3) is 0 Å². The lowest BCUT2D eigenvalue weighted by molar-refractivity contribution is 0.201. The lowest BCUT2D eigenvalue weighted by atomic mass is 9.80. The molecule has 0 saturated heterocycles. The number of rotatable bonds is 25. The summed E-state index contributed by atoms with van der Waals surface area (Å²) in [4.78, 5) is 2.46. The highest BCUT2D eigenvalue weighted by atomic mass is 15.1. The molecule has 0 rings (SSSR count). The van der Waals surface area contributed by atoms with E-state index in [9.17, 15) is 0 Å². The Hall–Kier alpha value is -0.560. The Kier molecular flexibility index (Phi) is 25.1. The number of hydrogen-bond donors (Lipinski definition) is 0. The molecule has 0 bridgehead atoms. The van der Waals surface area contributed by atoms with E-state index >= 15 is 0 Å². The first-order valence-electron chi connectivity index (χ1n) is 15.5. The summed E-state index contributed by atoms with van der Waals surface area (Å²) in [7, 11) is 4.56. The van der Waals surface area contributed by atoms with E-state index in [1.165, 1.54) is 129 Å². The summed E-state index contributed by atoms with van der Waals surface area (Å²) < 4.78 is 0. The van der Waals surface area contributed by atoms with E-state index in [0.29, 0.717) is 0 Å². The molecule has 0 aliphatic carbocycles. The molecule has 0 radical (unpaired) electrons. The van der Waals surface area contributed by atoms with Gasteiger partial charge in [-0.05, 0) is 89.6 Å². The van der Waals surface area contributed by atoms with Crippen molar-refractivity contribution >= 4 is 0 Å². The second-order valence-corrected chi connectivity index (χ2v) is 11.4. The van der Waals surface area contributed by atoms with Crippen LogP contribution >= 0.6 is 0 Å². The maximum Gasteiger partial charge on any atom is 0.000621 e. The van der Waals surface area contributed by atoms with E-state index in [0.717, 1.165) is 17.8 Å². The molecule has 0 aliphatic heterocycles. The maximum atomic E-state index is 2.49. The van der Waals surface area contributed by atoms with Crippen molar-refractivity contribution in [2.45, 2.75) is 150 Å². The monoisotopic (exact) mass is 476 g/mol. The molecule has 2 atom stereocenters. The summed E-state index contributed by atoms with van der Waals surface area (Å²) in [5.41, 5.74) is 0. The van der Waals surface area contributed by atoms with Crippen molar-refractivity contribution in [1.29, 1.82) is 0 Å². The minimum Gasteiger partial charge on any atom is -0.309 e. The number of allylic oxidation sites excluding steroid dienone is 4. The Morgan fingerprint density at radius 2 is 0.941 bits per heavy atom. The molecule has 202 valence electrons. The second kappa shape index (κ2) is 25.5. The summed E-state index contributed by atoms with van der Waals surface area (Å²) in [6.07, 6.45) is 35.7. The summed E-state index contributed by atoms with van der Waals surface area (Å²) in [6.45, 7) is 10.7.